The highest BCUT2D eigenvalue weighted by molar-refractivity contribution is 5.88. The van der Waals surface area contributed by atoms with Gasteiger partial charge in [0.05, 0.1) is 11.3 Å². The SMILES string of the molecule is Cc1nc(C)c(C(OC(C)(C)C)C(=O)O)c(N2CCC(C)(C)CC2)c1-c1ccc2c(c1)CCC(=Cc1ccc(F)cc1)C2. The average Bonchev–Trinajstić information content (AvgIpc) is 2.92. The van der Waals surface area contributed by atoms with E-state index >= 15 is 0 Å². The minimum atomic E-state index is -1.13. The van der Waals surface area contributed by atoms with E-state index in [1.165, 1.54) is 28.8 Å². The summed E-state index contributed by atoms with van der Waals surface area (Å²) < 4.78 is 19.6. The molecule has 1 aromatic heterocycles. The second-order valence-corrected chi connectivity index (χ2v) is 14.0. The highest BCUT2D eigenvalue weighted by Gasteiger charge is 2.36. The first-order valence-corrected chi connectivity index (χ1v) is 15.4. The first-order chi connectivity index (χ1) is 20.2. The van der Waals surface area contributed by atoms with Gasteiger partial charge in [0, 0.05) is 35.6 Å². The minimum Gasteiger partial charge on any atom is -0.479 e. The normalized spacial score (nSPS) is 18.4. The Kier molecular flexibility index (Phi) is 8.54. The molecule has 1 saturated heterocycles. The van der Waals surface area contributed by atoms with Crippen LogP contribution in [0.15, 0.2) is 48.0 Å². The number of halogens is 1. The molecule has 0 saturated carbocycles. The van der Waals surface area contributed by atoms with E-state index < -0.39 is 17.7 Å². The molecule has 1 unspecified atom stereocenters. The van der Waals surface area contributed by atoms with Gasteiger partial charge in [-0.1, -0.05) is 55.8 Å². The highest BCUT2D eigenvalue weighted by atomic mass is 19.1. The number of hydrogen-bond acceptors (Lipinski definition) is 4. The van der Waals surface area contributed by atoms with Crippen molar-refractivity contribution < 1.29 is 19.0 Å². The van der Waals surface area contributed by atoms with Crippen molar-refractivity contribution in [2.45, 2.75) is 92.3 Å². The van der Waals surface area contributed by atoms with E-state index in [9.17, 15) is 14.3 Å². The lowest BCUT2D eigenvalue weighted by molar-refractivity contribution is -0.160. The summed E-state index contributed by atoms with van der Waals surface area (Å²) in [6, 6.07) is 13.3. The first kappa shape index (κ1) is 30.9. The molecule has 5 rings (SSSR count). The summed E-state index contributed by atoms with van der Waals surface area (Å²) in [7, 11) is 0. The fourth-order valence-electron chi connectivity index (χ4n) is 6.49. The quantitative estimate of drug-likeness (QED) is 0.314. The molecule has 0 spiro atoms. The van der Waals surface area contributed by atoms with Crippen molar-refractivity contribution in [2.75, 3.05) is 18.0 Å². The molecule has 43 heavy (non-hydrogen) atoms. The number of allylic oxidation sites excluding steroid dienone is 1. The number of carboxylic acid groups (broad SMARTS) is 1. The summed E-state index contributed by atoms with van der Waals surface area (Å²) in [6.07, 6.45) is 5.81. The zero-order valence-corrected chi connectivity index (χ0v) is 26.7. The largest absolute Gasteiger partial charge is 0.479 e. The fourth-order valence-corrected chi connectivity index (χ4v) is 6.49. The van der Waals surface area contributed by atoms with Crippen LogP contribution in [-0.2, 0) is 22.4 Å². The topological polar surface area (TPSA) is 62.7 Å². The molecule has 6 heteroatoms. The number of rotatable bonds is 6. The second-order valence-electron chi connectivity index (χ2n) is 14.0. The zero-order valence-electron chi connectivity index (χ0n) is 26.7. The van der Waals surface area contributed by atoms with Crippen molar-refractivity contribution in [2.24, 2.45) is 5.41 Å². The summed E-state index contributed by atoms with van der Waals surface area (Å²) in [5.74, 6) is -1.22. The lowest BCUT2D eigenvalue weighted by Crippen LogP contribution is -2.39. The van der Waals surface area contributed by atoms with Crippen LogP contribution in [0.5, 0.6) is 0 Å². The number of piperidine rings is 1. The number of pyridine rings is 1. The monoisotopic (exact) mass is 584 g/mol. The van der Waals surface area contributed by atoms with Gasteiger partial charge >= 0.3 is 5.97 Å². The lowest BCUT2D eigenvalue weighted by Gasteiger charge is -2.41. The van der Waals surface area contributed by atoms with Crippen LogP contribution < -0.4 is 4.90 Å². The summed E-state index contributed by atoms with van der Waals surface area (Å²) in [5.41, 5.74) is 9.82. The van der Waals surface area contributed by atoms with E-state index in [-0.39, 0.29) is 11.2 Å². The van der Waals surface area contributed by atoms with E-state index in [2.05, 4.69) is 43.0 Å². The van der Waals surface area contributed by atoms with Crippen molar-refractivity contribution in [3.05, 3.63) is 87.5 Å². The van der Waals surface area contributed by atoms with Crippen molar-refractivity contribution in [1.82, 2.24) is 4.98 Å². The van der Waals surface area contributed by atoms with Crippen LogP contribution in [0.3, 0.4) is 0 Å². The van der Waals surface area contributed by atoms with E-state index in [1.807, 2.05) is 46.8 Å². The Labute approximate surface area is 255 Å². The number of carboxylic acids is 1. The molecule has 2 heterocycles. The Morgan fingerprint density at radius 1 is 1.02 bits per heavy atom. The predicted octanol–water partition coefficient (Wildman–Crippen LogP) is 8.64. The van der Waals surface area contributed by atoms with Gasteiger partial charge in [-0.3, -0.25) is 4.98 Å². The number of aryl methyl sites for hydroxylation is 3. The summed E-state index contributed by atoms with van der Waals surface area (Å²) in [4.78, 5) is 20.1. The lowest BCUT2D eigenvalue weighted by atomic mass is 9.81. The maximum absolute atomic E-state index is 13.4. The molecule has 1 aliphatic carbocycles. The van der Waals surface area contributed by atoms with Gasteiger partial charge in [0.2, 0.25) is 0 Å². The zero-order chi connectivity index (χ0) is 31.1. The molecule has 3 aromatic rings. The molecule has 228 valence electrons. The van der Waals surface area contributed by atoms with Gasteiger partial charge in [-0.25, -0.2) is 9.18 Å². The maximum atomic E-state index is 13.4. The predicted molar refractivity (Wildman–Crippen MR) is 172 cm³/mol. The average molecular weight is 585 g/mol. The molecule has 0 bridgehead atoms. The molecule has 0 amide bonds. The summed E-state index contributed by atoms with van der Waals surface area (Å²) in [6.45, 7) is 15.9. The highest BCUT2D eigenvalue weighted by Crippen LogP contribution is 2.45. The molecule has 0 radical (unpaired) electrons. The number of carbonyl (C=O) groups is 1. The molecular weight excluding hydrogens is 539 g/mol. The van der Waals surface area contributed by atoms with Crippen LogP contribution in [0.4, 0.5) is 10.1 Å². The molecule has 1 fully saturated rings. The van der Waals surface area contributed by atoms with E-state index in [1.54, 1.807) is 0 Å². The Bertz CT molecular complexity index is 1540. The third-order valence-corrected chi connectivity index (χ3v) is 8.84. The number of fused-ring (bicyclic) bond motifs is 1. The number of nitrogens with zero attached hydrogens (tertiary/aromatic N) is 2. The number of benzene rings is 2. The van der Waals surface area contributed by atoms with Gasteiger partial charge in [-0.15, -0.1) is 0 Å². The third-order valence-electron chi connectivity index (χ3n) is 8.84. The third kappa shape index (κ3) is 7.01. The van der Waals surface area contributed by atoms with Crippen molar-refractivity contribution in [3.63, 3.8) is 0 Å². The number of ether oxygens (including phenoxy) is 1. The van der Waals surface area contributed by atoms with Gasteiger partial charge in [0.25, 0.3) is 0 Å². The van der Waals surface area contributed by atoms with Crippen LogP contribution in [0.2, 0.25) is 0 Å². The Morgan fingerprint density at radius 3 is 2.33 bits per heavy atom. The van der Waals surface area contributed by atoms with Crippen molar-refractivity contribution in [1.29, 1.82) is 0 Å². The first-order valence-electron chi connectivity index (χ1n) is 15.4. The van der Waals surface area contributed by atoms with Crippen LogP contribution in [0.1, 0.15) is 93.6 Å². The summed E-state index contributed by atoms with van der Waals surface area (Å²) >= 11 is 0. The van der Waals surface area contributed by atoms with Gasteiger partial charge in [-0.05, 0) is 107 Å². The van der Waals surface area contributed by atoms with Gasteiger partial charge < -0.3 is 14.7 Å². The van der Waals surface area contributed by atoms with Crippen molar-refractivity contribution >= 4 is 17.7 Å². The van der Waals surface area contributed by atoms with Crippen LogP contribution in [-0.4, -0.2) is 34.8 Å². The van der Waals surface area contributed by atoms with E-state index in [0.29, 0.717) is 11.3 Å². The molecule has 2 aromatic carbocycles. The minimum absolute atomic E-state index is 0.222. The van der Waals surface area contributed by atoms with Crippen LogP contribution in [0, 0.1) is 25.1 Å². The number of anilines is 1. The Morgan fingerprint density at radius 2 is 1.70 bits per heavy atom. The second kappa shape index (κ2) is 11.9. The van der Waals surface area contributed by atoms with E-state index in [4.69, 9.17) is 9.72 Å². The smallest absolute Gasteiger partial charge is 0.337 e. The van der Waals surface area contributed by atoms with Gasteiger partial charge in [0.15, 0.2) is 6.10 Å². The molecule has 1 N–H and O–H groups in total. The standard InChI is InChI=1S/C37H45FN2O3/c1-23-31(29-13-12-27-21-26(8-11-28(27)22-29)20-25-9-14-30(38)15-10-25)33(40-18-16-37(6,7)17-19-40)32(24(2)39-23)34(35(41)42)43-36(3,4)5/h9-10,12-15,20,22,34H,8,11,16-19,21H2,1-7H3,(H,41,42). The molecule has 5 nitrogen and oxygen atoms in total. The van der Waals surface area contributed by atoms with Gasteiger partial charge in [0.1, 0.15) is 5.82 Å². The number of aromatic nitrogens is 1. The van der Waals surface area contributed by atoms with Gasteiger partial charge in [-0.2, -0.15) is 0 Å². The molecule has 1 aliphatic heterocycles. The van der Waals surface area contributed by atoms with Crippen LogP contribution >= 0.6 is 0 Å². The van der Waals surface area contributed by atoms with Crippen molar-refractivity contribution in [3.8, 4) is 11.1 Å². The Hall–Kier alpha value is -3.51. The molecule has 1 atom stereocenters. The van der Waals surface area contributed by atoms with E-state index in [0.717, 1.165) is 73.3 Å². The Balaban J connectivity index is 1.60. The summed E-state index contributed by atoms with van der Waals surface area (Å²) in [5, 5.41) is 10.5. The fraction of sp³-hybridized carbons (Fsp3) is 0.459. The molecular formula is C37H45FN2O3. The number of aliphatic carboxylic acids is 1. The van der Waals surface area contributed by atoms with Crippen LogP contribution in [0.25, 0.3) is 17.2 Å². The maximum Gasteiger partial charge on any atom is 0.337 e. The number of hydrogen-bond donors (Lipinski definition) is 1. The molecule has 2 aliphatic rings.